The summed E-state index contributed by atoms with van der Waals surface area (Å²) in [5.41, 5.74) is 2.07. The molecule has 98 valence electrons. The topological polar surface area (TPSA) is 43.1 Å². The van der Waals surface area contributed by atoms with Gasteiger partial charge in [-0.3, -0.25) is 0 Å². The molecule has 4 heteroatoms. The second-order valence-corrected chi connectivity index (χ2v) is 4.95. The molecule has 0 saturated carbocycles. The van der Waals surface area contributed by atoms with Crippen LogP contribution in [0.3, 0.4) is 0 Å². The van der Waals surface area contributed by atoms with Crippen LogP contribution >= 0.6 is 0 Å². The van der Waals surface area contributed by atoms with E-state index in [0.717, 1.165) is 17.5 Å². The van der Waals surface area contributed by atoms with Crippen LogP contribution in [0, 0.1) is 0 Å². The van der Waals surface area contributed by atoms with Gasteiger partial charge in [-0.2, -0.15) is 4.52 Å². The lowest BCUT2D eigenvalue weighted by Crippen LogP contribution is -2.00. The summed E-state index contributed by atoms with van der Waals surface area (Å²) in [6.45, 7) is 2.23. The fraction of sp³-hybridized carbons (Fsp3) is 0.400. The normalized spacial score (nSPS) is 11.4. The number of rotatable bonds is 5. The zero-order chi connectivity index (χ0) is 13.1. The van der Waals surface area contributed by atoms with Gasteiger partial charge in [-0.05, 0) is 34.7 Å². The van der Waals surface area contributed by atoms with Gasteiger partial charge in [0.2, 0.25) is 0 Å². The molecule has 3 rings (SSSR count). The van der Waals surface area contributed by atoms with Gasteiger partial charge in [-0.25, -0.2) is 0 Å². The first-order chi connectivity index (χ1) is 9.40. The molecule has 0 spiro atoms. The van der Waals surface area contributed by atoms with Crippen molar-refractivity contribution in [3.8, 4) is 0 Å². The van der Waals surface area contributed by atoms with Crippen LogP contribution in [0.1, 0.15) is 38.3 Å². The fourth-order valence-electron chi connectivity index (χ4n) is 2.53. The van der Waals surface area contributed by atoms with E-state index in [4.69, 9.17) is 0 Å². The Bertz CT molecular complexity index is 687. The van der Waals surface area contributed by atoms with E-state index in [1.54, 1.807) is 0 Å². The summed E-state index contributed by atoms with van der Waals surface area (Å²) in [7, 11) is 0. The summed E-state index contributed by atoms with van der Waals surface area (Å²) in [5.74, 6) is 0. The van der Waals surface area contributed by atoms with Crippen LogP contribution in [0.2, 0.25) is 0 Å². The molecule has 0 radical (unpaired) electrons. The molecular formula is C15H18N4. The maximum absolute atomic E-state index is 4.15. The van der Waals surface area contributed by atoms with Crippen molar-refractivity contribution in [3.63, 3.8) is 0 Å². The Labute approximate surface area is 112 Å². The highest BCUT2D eigenvalue weighted by Crippen LogP contribution is 2.21. The van der Waals surface area contributed by atoms with Crippen molar-refractivity contribution >= 4 is 16.4 Å². The Kier molecular flexibility index (Phi) is 3.40. The molecule has 1 aromatic carbocycles. The molecule has 0 amide bonds. The minimum atomic E-state index is 0.864. The summed E-state index contributed by atoms with van der Waals surface area (Å²) in [6, 6.07) is 10.5. The van der Waals surface area contributed by atoms with Gasteiger partial charge in [-0.15, -0.1) is 5.10 Å². The quantitative estimate of drug-likeness (QED) is 0.655. The van der Waals surface area contributed by atoms with Gasteiger partial charge in [-0.1, -0.05) is 50.5 Å². The first-order valence-electron chi connectivity index (χ1n) is 6.99. The highest BCUT2D eigenvalue weighted by molar-refractivity contribution is 5.93. The Morgan fingerprint density at radius 1 is 1.11 bits per heavy atom. The number of benzene rings is 1. The van der Waals surface area contributed by atoms with Gasteiger partial charge in [0.1, 0.15) is 0 Å². The van der Waals surface area contributed by atoms with Crippen molar-refractivity contribution < 1.29 is 0 Å². The molecule has 0 atom stereocenters. The number of aromatic nitrogens is 4. The predicted molar refractivity (Wildman–Crippen MR) is 76.1 cm³/mol. The average Bonchev–Trinajstić information content (AvgIpc) is 2.93. The number of fused-ring (bicyclic) bond motifs is 3. The van der Waals surface area contributed by atoms with E-state index in [0.29, 0.717) is 0 Å². The molecule has 0 bridgehead atoms. The zero-order valence-corrected chi connectivity index (χ0v) is 11.2. The molecular weight excluding hydrogens is 236 g/mol. The molecule has 0 fully saturated rings. The third-order valence-electron chi connectivity index (χ3n) is 3.55. The van der Waals surface area contributed by atoms with E-state index in [9.17, 15) is 0 Å². The van der Waals surface area contributed by atoms with Crippen molar-refractivity contribution in [1.82, 2.24) is 20.0 Å². The van der Waals surface area contributed by atoms with Gasteiger partial charge >= 0.3 is 0 Å². The maximum atomic E-state index is 4.15. The summed E-state index contributed by atoms with van der Waals surface area (Å²) in [5, 5.41) is 14.4. The molecule has 3 aromatic rings. The predicted octanol–water partition coefficient (Wildman–Crippen LogP) is 3.40. The molecule has 0 aliphatic rings. The van der Waals surface area contributed by atoms with Gasteiger partial charge < -0.3 is 0 Å². The van der Waals surface area contributed by atoms with Crippen molar-refractivity contribution in [3.05, 3.63) is 36.0 Å². The summed E-state index contributed by atoms with van der Waals surface area (Å²) >= 11 is 0. The minimum absolute atomic E-state index is 0.864. The van der Waals surface area contributed by atoms with E-state index in [1.807, 2.05) is 10.6 Å². The largest absolute Gasteiger partial charge is 0.197 e. The van der Waals surface area contributed by atoms with Crippen LogP contribution in [0.15, 0.2) is 30.3 Å². The molecule has 0 aliphatic heterocycles. The highest BCUT2D eigenvalue weighted by Gasteiger charge is 2.08. The minimum Gasteiger partial charge on any atom is -0.197 e. The molecule has 0 N–H and O–H groups in total. The van der Waals surface area contributed by atoms with Crippen LogP contribution in [-0.4, -0.2) is 20.0 Å². The second kappa shape index (κ2) is 5.34. The van der Waals surface area contributed by atoms with Crippen molar-refractivity contribution in [1.29, 1.82) is 0 Å². The monoisotopic (exact) mass is 254 g/mol. The summed E-state index contributed by atoms with van der Waals surface area (Å²) < 4.78 is 1.88. The first kappa shape index (κ1) is 12.1. The van der Waals surface area contributed by atoms with Crippen molar-refractivity contribution in [2.75, 3.05) is 0 Å². The van der Waals surface area contributed by atoms with E-state index in [2.05, 4.69) is 46.7 Å². The number of aryl methyl sites for hydroxylation is 1. The number of unbranched alkanes of at least 4 members (excludes halogenated alkanes) is 3. The third-order valence-corrected chi connectivity index (χ3v) is 3.55. The Hall–Kier alpha value is -1.97. The highest BCUT2D eigenvalue weighted by atomic mass is 15.5. The molecule has 19 heavy (non-hydrogen) atoms. The molecule has 0 unspecified atom stereocenters. The van der Waals surface area contributed by atoms with E-state index >= 15 is 0 Å². The van der Waals surface area contributed by atoms with Crippen LogP contribution < -0.4 is 0 Å². The number of tetrazole rings is 1. The summed E-state index contributed by atoms with van der Waals surface area (Å²) in [4.78, 5) is 0. The first-order valence-corrected chi connectivity index (χ1v) is 6.99. The standard InChI is InChI=1S/C15H18N4/c1-2-3-4-5-9-13-11-12-8-6-7-10-14(12)15-16-17-18-19(13)15/h6-8,10-11H,2-5,9H2,1H3. The van der Waals surface area contributed by atoms with Crippen molar-refractivity contribution in [2.45, 2.75) is 39.0 Å². The molecule has 0 saturated heterocycles. The lowest BCUT2D eigenvalue weighted by atomic mass is 10.1. The molecule has 2 aromatic heterocycles. The lowest BCUT2D eigenvalue weighted by molar-refractivity contribution is 0.648. The number of hydrogen-bond donors (Lipinski definition) is 0. The lowest BCUT2D eigenvalue weighted by Gasteiger charge is -2.06. The molecule has 0 aliphatic carbocycles. The maximum Gasteiger partial charge on any atom is 0.187 e. The van der Waals surface area contributed by atoms with Crippen LogP contribution in [0.4, 0.5) is 0 Å². The van der Waals surface area contributed by atoms with E-state index in [1.165, 1.54) is 36.8 Å². The van der Waals surface area contributed by atoms with E-state index in [-0.39, 0.29) is 0 Å². The zero-order valence-electron chi connectivity index (χ0n) is 11.2. The average molecular weight is 254 g/mol. The van der Waals surface area contributed by atoms with Crippen LogP contribution in [0.5, 0.6) is 0 Å². The SMILES string of the molecule is CCCCCCc1cc2ccccc2c2nnnn12. The smallest absolute Gasteiger partial charge is 0.187 e. The van der Waals surface area contributed by atoms with Crippen molar-refractivity contribution in [2.24, 2.45) is 0 Å². The summed E-state index contributed by atoms with van der Waals surface area (Å²) in [6.07, 6.45) is 6.06. The molecule has 4 nitrogen and oxygen atoms in total. The van der Waals surface area contributed by atoms with Gasteiger partial charge in [0, 0.05) is 11.1 Å². The Morgan fingerprint density at radius 3 is 2.89 bits per heavy atom. The molecule has 2 heterocycles. The number of pyridine rings is 1. The fourth-order valence-corrected chi connectivity index (χ4v) is 2.53. The van der Waals surface area contributed by atoms with Gasteiger partial charge in [0.15, 0.2) is 5.65 Å². The van der Waals surface area contributed by atoms with Gasteiger partial charge in [0.05, 0.1) is 0 Å². The van der Waals surface area contributed by atoms with Crippen LogP contribution in [-0.2, 0) is 6.42 Å². The number of nitrogens with zero attached hydrogens (tertiary/aromatic N) is 4. The Morgan fingerprint density at radius 2 is 2.00 bits per heavy atom. The van der Waals surface area contributed by atoms with E-state index < -0.39 is 0 Å². The van der Waals surface area contributed by atoms with Crippen LogP contribution in [0.25, 0.3) is 16.4 Å². The van der Waals surface area contributed by atoms with Gasteiger partial charge in [0.25, 0.3) is 0 Å². The third kappa shape index (κ3) is 2.30. The Balaban J connectivity index is 1.99. The number of hydrogen-bond acceptors (Lipinski definition) is 3. The second-order valence-electron chi connectivity index (χ2n) is 4.95.